The molecule has 2 aromatic rings. The van der Waals surface area contributed by atoms with Gasteiger partial charge < -0.3 is 9.73 Å². The lowest BCUT2D eigenvalue weighted by molar-refractivity contribution is 0.580. The normalized spacial score (nSPS) is 13.7. The average molecular weight is 264 g/mol. The van der Waals surface area contributed by atoms with Crippen molar-refractivity contribution in [2.45, 2.75) is 6.42 Å². The average Bonchev–Trinajstić information content (AvgIpc) is 2.85. The summed E-state index contributed by atoms with van der Waals surface area (Å²) in [5.74, 6) is 0.926. The van der Waals surface area contributed by atoms with Crippen LogP contribution < -0.4 is 5.32 Å². The van der Waals surface area contributed by atoms with E-state index in [1.165, 1.54) is 16.8 Å². The molecule has 2 heterocycles. The molecule has 0 amide bonds. The van der Waals surface area contributed by atoms with Crippen molar-refractivity contribution >= 4 is 21.6 Å². The van der Waals surface area contributed by atoms with Gasteiger partial charge in [-0.15, -0.1) is 0 Å². The van der Waals surface area contributed by atoms with Crippen LogP contribution in [0.15, 0.2) is 39.4 Å². The Hall–Kier alpha value is -1.22. The molecule has 0 bridgehead atoms. The molecule has 76 valence electrons. The van der Waals surface area contributed by atoms with E-state index in [9.17, 15) is 0 Å². The Morgan fingerprint density at radius 3 is 3.00 bits per heavy atom. The van der Waals surface area contributed by atoms with Gasteiger partial charge in [0.1, 0.15) is 5.76 Å². The number of anilines is 1. The minimum absolute atomic E-state index is 0.926. The summed E-state index contributed by atoms with van der Waals surface area (Å²) < 4.78 is 6.52. The molecule has 1 aromatic heterocycles. The van der Waals surface area contributed by atoms with Crippen molar-refractivity contribution in [3.8, 4) is 11.3 Å². The Morgan fingerprint density at radius 1 is 1.27 bits per heavy atom. The second-order valence-electron chi connectivity index (χ2n) is 3.61. The zero-order valence-corrected chi connectivity index (χ0v) is 9.67. The van der Waals surface area contributed by atoms with Crippen molar-refractivity contribution < 1.29 is 4.42 Å². The van der Waals surface area contributed by atoms with Gasteiger partial charge in [0.05, 0.1) is 10.7 Å². The van der Waals surface area contributed by atoms with E-state index in [1.807, 2.05) is 6.07 Å². The van der Waals surface area contributed by atoms with Crippen molar-refractivity contribution in [2.24, 2.45) is 0 Å². The van der Waals surface area contributed by atoms with Crippen molar-refractivity contribution in [2.75, 3.05) is 11.9 Å². The highest BCUT2D eigenvalue weighted by Gasteiger charge is 2.17. The molecule has 3 heteroatoms. The third kappa shape index (κ3) is 1.38. The predicted molar refractivity (Wildman–Crippen MR) is 64.0 cm³/mol. The molecule has 0 aliphatic carbocycles. The molecule has 0 spiro atoms. The third-order valence-corrected chi connectivity index (χ3v) is 3.35. The SMILES string of the molecule is Brc1ccoc1-c1cccc2c1CCN2. The van der Waals surface area contributed by atoms with Crippen LogP contribution in [0, 0.1) is 0 Å². The fraction of sp³-hybridized carbons (Fsp3) is 0.167. The minimum Gasteiger partial charge on any atom is -0.463 e. The maximum atomic E-state index is 5.50. The molecule has 0 atom stereocenters. The molecule has 1 aliphatic rings. The summed E-state index contributed by atoms with van der Waals surface area (Å²) in [6, 6.07) is 8.21. The van der Waals surface area contributed by atoms with E-state index in [2.05, 4.69) is 39.4 Å². The minimum atomic E-state index is 0.926. The van der Waals surface area contributed by atoms with Crippen molar-refractivity contribution in [3.05, 3.63) is 40.6 Å². The molecule has 1 aliphatic heterocycles. The van der Waals surface area contributed by atoms with Crippen LogP contribution in [0.4, 0.5) is 5.69 Å². The topological polar surface area (TPSA) is 25.2 Å². The van der Waals surface area contributed by atoms with Gasteiger partial charge in [-0.1, -0.05) is 12.1 Å². The summed E-state index contributed by atoms with van der Waals surface area (Å²) in [4.78, 5) is 0. The molecular formula is C12H10BrNO. The summed E-state index contributed by atoms with van der Waals surface area (Å²) in [7, 11) is 0. The van der Waals surface area contributed by atoms with Crippen molar-refractivity contribution in [3.63, 3.8) is 0 Å². The monoisotopic (exact) mass is 263 g/mol. The zero-order valence-electron chi connectivity index (χ0n) is 8.09. The molecule has 0 unspecified atom stereocenters. The molecular weight excluding hydrogens is 254 g/mol. The molecule has 1 aromatic carbocycles. The van der Waals surface area contributed by atoms with Crippen molar-refractivity contribution in [1.82, 2.24) is 0 Å². The number of hydrogen-bond donors (Lipinski definition) is 1. The molecule has 0 fully saturated rings. The van der Waals surface area contributed by atoms with Crippen LogP contribution in [-0.2, 0) is 6.42 Å². The highest BCUT2D eigenvalue weighted by molar-refractivity contribution is 9.10. The van der Waals surface area contributed by atoms with Crippen LogP contribution in [0.3, 0.4) is 0 Å². The van der Waals surface area contributed by atoms with Gasteiger partial charge in [0, 0.05) is 17.8 Å². The molecule has 0 saturated heterocycles. The highest BCUT2D eigenvalue weighted by atomic mass is 79.9. The van der Waals surface area contributed by atoms with E-state index in [0.717, 1.165) is 23.2 Å². The van der Waals surface area contributed by atoms with Gasteiger partial charge in [0.25, 0.3) is 0 Å². The van der Waals surface area contributed by atoms with Gasteiger partial charge in [-0.05, 0) is 40.0 Å². The van der Waals surface area contributed by atoms with Crippen LogP contribution in [0.25, 0.3) is 11.3 Å². The van der Waals surface area contributed by atoms with E-state index in [0.29, 0.717) is 0 Å². The molecule has 3 rings (SSSR count). The second-order valence-corrected chi connectivity index (χ2v) is 4.46. The van der Waals surface area contributed by atoms with Gasteiger partial charge in [-0.3, -0.25) is 0 Å². The van der Waals surface area contributed by atoms with Gasteiger partial charge in [-0.2, -0.15) is 0 Å². The van der Waals surface area contributed by atoms with E-state index >= 15 is 0 Å². The number of rotatable bonds is 1. The maximum absolute atomic E-state index is 5.50. The number of nitrogens with one attached hydrogen (secondary N) is 1. The number of fused-ring (bicyclic) bond motifs is 1. The van der Waals surface area contributed by atoms with Crippen molar-refractivity contribution in [1.29, 1.82) is 0 Å². The first-order valence-corrected chi connectivity index (χ1v) is 5.74. The zero-order chi connectivity index (χ0) is 10.3. The Kier molecular flexibility index (Phi) is 2.06. The van der Waals surface area contributed by atoms with Crippen LogP contribution in [-0.4, -0.2) is 6.54 Å². The van der Waals surface area contributed by atoms with E-state index in [4.69, 9.17) is 4.42 Å². The van der Waals surface area contributed by atoms with E-state index in [-0.39, 0.29) is 0 Å². The van der Waals surface area contributed by atoms with E-state index < -0.39 is 0 Å². The smallest absolute Gasteiger partial charge is 0.148 e. The summed E-state index contributed by atoms with van der Waals surface area (Å²) in [6.45, 7) is 1.02. The summed E-state index contributed by atoms with van der Waals surface area (Å²) in [6.07, 6.45) is 2.78. The first-order chi connectivity index (χ1) is 7.36. The summed E-state index contributed by atoms with van der Waals surface area (Å²) >= 11 is 3.50. The predicted octanol–water partition coefficient (Wildman–Crippen LogP) is 3.68. The van der Waals surface area contributed by atoms with Gasteiger partial charge >= 0.3 is 0 Å². The summed E-state index contributed by atoms with van der Waals surface area (Å²) in [5.41, 5.74) is 3.78. The molecule has 0 saturated carbocycles. The van der Waals surface area contributed by atoms with Crippen LogP contribution in [0.2, 0.25) is 0 Å². The number of furan rings is 1. The molecule has 1 N–H and O–H groups in total. The Labute approximate surface area is 96.4 Å². The van der Waals surface area contributed by atoms with Gasteiger partial charge in [0.2, 0.25) is 0 Å². The maximum Gasteiger partial charge on any atom is 0.148 e. The fourth-order valence-corrected chi connectivity index (χ4v) is 2.46. The van der Waals surface area contributed by atoms with Gasteiger partial charge in [0.15, 0.2) is 0 Å². The first-order valence-electron chi connectivity index (χ1n) is 4.95. The van der Waals surface area contributed by atoms with Crippen LogP contribution >= 0.6 is 15.9 Å². The van der Waals surface area contributed by atoms with E-state index in [1.54, 1.807) is 6.26 Å². The quantitative estimate of drug-likeness (QED) is 0.849. The van der Waals surface area contributed by atoms with Crippen LogP contribution in [0.1, 0.15) is 5.56 Å². The number of benzene rings is 1. The highest BCUT2D eigenvalue weighted by Crippen LogP contribution is 2.36. The molecule has 0 radical (unpaired) electrons. The second kappa shape index (κ2) is 3.42. The first kappa shape index (κ1) is 9.04. The Balaban J connectivity index is 2.21. The summed E-state index contributed by atoms with van der Waals surface area (Å²) in [5, 5.41) is 3.36. The number of halogens is 1. The van der Waals surface area contributed by atoms with Gasteiger partial charge in [-0.25, -0.2) is 0 Å². The third-order valence-electron chi connectivity index (χ3n) is 2.73. The fourth-order valence-electron chi connectivity index (χ4n) is 2.04. The largest absolute Gasteiger partial charge is 0.463 e. The standard InChI is InChI=1S/C12H10BrNO/c13-10-5-7-15-12(10)9-2-1-3-11-8(9)4-6-14-11/h1-3,5,7,14H,4,6H2. The lowest BCUT2D eigenvalue weighted by Gasteiger charge is -2.05. The lowest BCUT2D eigenvalue weighted by atomic mass is 10.0. The Morgan fingerprint density at radius 2 is 2.20 bits per heavy atom. The lowest BCUT2D eigenvalue weighted by Crippen LogP contribution is -1.90. The Bertz CT molecular complexity index is 504. The molecule has 2 nitrogen and oxygen atoms in total. The van der Waals surface area contributed by atoms with Crippen LogP contribution in [0.5, 0.6) is 0 Å². The molecule has 15 heavy (non-hydrogen) atoms. The number of hydrogen-bond acceptors (Lipinski definition) is 2.